The summed E-state index contributed by atoms with van der Waals surface area (Å²) in [5, 5.41) is 0. The lowest BCUT2D eigenvalue weighted by molar-refractivity contribution is 0.602. The van der Waals surface area contributed by atoms with Crippen molar-refractivity contribution in [3.05, 3.63) is 20.3 Å². The van der Waals surface area contributed by atoms with Crippen LogP contribution in [-0.2, 0) is 0 Å². The lowest BCUT2D eigenvalue weighted by Crippen LogP contribution is -2.11. The van der Waals surface area contributed by atoms with Gasteiger partial charge in [0.25, 0.3) is 0 Å². The lowest BCUT2D eigenvalue weighted by atomic mass is 10.1. The fraction of sp³-hybridized carbons (Fsp3) is 0.600. The second-order valence-corrected chi connectivity index (χ2v) is 6.10. The first-order valence-corrected chi connectivity index (χ1v) is 6.22. The van der Waals surface area contributed by atoms with Crippen LogP contribution in [0.4, 0.5) is 0 Å². The first-order chi connectivity index (χ1) is 6.09. The number of halogens is 1. The topological polar surface area (TPSA) is 26.0 Å². The Morgan fingerprint density at radius 3 is 2.69 bits per heavy atom. The van der Waals surface area contributed by atoms with E-state index < -0.39 is 0 Å². The maximum Gasteiger partial charge on any atom is 0.0421 e. The summed E-state index contributed by atoms with van der Waals surface area (Å²) >= 11 is 5.34. The van der Waals surface area contributed by atoms with Crippen LogP contribution in [0, 0.1) is 18.8 Å². The molecule has 1 fully saturated rings. The van der Waals surface area contributed by atoms with E-state index in [1.54, 1.807) is 0 Å². The molecule has 0 aliphatic heterocycles. The molecule has 3 heteroatoms. The number of hydrogen-bond donors (Lipinski definition) is 1. The van der Waals surface area contributed by atoms with Crippen LogP contribution < -0.4 is 5.73 Å². The molecule has 2 N–H and O–H groups in total. The summed E-state index contributed by atoms with van der Waals surface area (Å²) in [5.74, 6) is 1.56. The molecule has 1 aromatic heterocycles. The summed E-state index contributed by atoms with van der Waals surface area (Å²) in [5.41, 5.74) is 6.16. The second-order valence-electron chi connectivity index (χ2n) is 3.96. The van der Waals surface area contributed by atoms with Gasteiger partial charge in [-0.25, -0.2) is 0 Å². The number of hydrogen-bond acceptors (Lipinski definition) is 2. The van der Waals surface area contributed by atoms with Crippen molar-refractivity contribution in [3.8, 4) is 0 Å². The standard InChI is InChI=1S/C10H14BrNS/c1-5-3-7(5)10(12)9-4-8(11)6(2)13-9/h4-5,7,10H,3,12H2,1-2H3. The minimum atomic E-state index is 0.269. The van der Waals surface area contributed by atoms with E-state index in [1.807, 2.05) is 11.3 Å². The SMILES string of the molecule is Cc1sc(C(N)C2CC2C)cc1Br. The van der Waals surface area contributed by atoms with Crippen molar-refractivity contribution in [2.24, 2.45) is 17.6 Å². The monoisotopic (exact) mass is 259 g/mol. The van der Waals surface area contributed by atoms with E-state index in [0.29, 0.717) is 0 Å². The van der Waals surface area contributed by atoms with Crippen LogP contribution in [0.5, 0.6) is 0 Å². The smallest absolute Gasteiger partial charge is 0.0421 e. The molecule has 1 aliphatic carbocycles. The Morgan fingerprint density at radius 2 is 2.31 bits per heavy atom. The summed E-state index contributed by atoms with van der Waals surface area (Å²) in [6, 6.07) is 2.44. The molecule has 0 bridgehead atoms. The summed E-state index contributed by atoms with van der Waals surface area (Å²) in [7, 11) is 0. The summed E-state index contributed by atoms with van der Waals surface area (Å²) < 4.78 is 1.20. The number of rotatable bonds is 2. The Hall–Kier alpha value is 0.140. The first-order valence-electron chi connectivity index (χ1n) is 4.61. The predicted molar refractivity (Wildman–Crippen MR) is 61.0 cm³/mol. The van der Waals surface area contributed by atoms with Gasteiger partial charge in [0.1, 0.15) is 0 Å². The molecular formula is C10H14BrNS. The van der Waals surface area contributed by atoms with Gasteiger partial charge in [0.2, 0.25) is 0 Å². The van der Waals surface area contributed by atoms with Crippen LogP contribution in [0.25, 0.3) is 0 Å². The van der Waals surface area contributed by atoms with Gasteiger partial charge >= 0.3 is 0 Å². The van der Waals surface area contributed by atoms with Crippen molar-refractivity contribution in [2.45, 2.75) is 26.3 Å². The van der Waals surface area contributed by atoms with E-state index in [0.717, 1.165) is 11.8 Å². The Labute approximate surface area is 91.5 Å². The van der Waals surface area contributed by atoms with Gasteiger partial charge in [-0.2, -0.15) is 0 Å². The maximum atomic E-state index is 6.16. The van der Waals surface area contributed by atoms with E-state index in [4.69, 9.17) is 5.73 Å². The van der Waals surface area contributed by atoms with Gasteiger partial charge < -0.3 is 5.73 Å². The molecule has 0 aromatic carbocycles. The molecule has 0 amide bonds. The Balaban J connectivity index is 2.16. The minimum Gasteiger partial charge on any atom is -0.323 e. The van der Waals surface area contributed by atoms with Gasteiger partial charge in [-0.05, 0) is 47.2 Å². The van der Waals surface area contributed by atoms with Crippen molar-refractivity contribution in [3.63, 3.8) is 0 Å². The Kier molecular flexibility index (Phi) is 2.51. The molecule has 0 saturated heterocycles. The molecule has 13 heavy (non-hydrogen) atoms. The predicted octanol–water partition coefficient (Wildman–Crippen LogP) is 3.47. The largest absolute Gasteiger partial charge is 0.323 e. The van der Waals surface area contributed by atoms with Crippen LogP contribution in [0.2, 0.25) is 0 Å². The van der Waals surface area contributed by atoms with E-state index in [9.17, 15) is 0 Å². The highest BCUT2D eigenvalue weighted by molar-refractivity contribution is 9.10. The molecule has 1 nitrogen and oxygen atoms in total. The third-order valence-corrected chi connectivity index (χ3v) is 5.08. The number of aryl methyl sites for hydroxylation is 1. The Bertz CT molecular complexity index is 301. The van der Waals surface area contributed by atoms with Crippen molar-refractivity contribution in [2.75, 3.05) is 0 Å². The molecular weight excluding hydrogens is 246 g/mol. The maximum absolute atomic E-state index is 6.16. The fourth-order valence-electron chi connectivity index (χ4n) is 1.71. The average Bonchev–Trinajstić information content (AvgIpc) is 2.70. The van der Waals surface area contributed by atoms with Gasteiger partial charge in [0.05, 0.1) is 0 Å². The number of thiophene rings is 1. The van der Waals surface area contributed by atoms with Crippen molar-refractivity contribution in [1.29, 1.82) is 0 Å². The highest BCUT2D eigenvalue weighted by Crippen LogP contribution is 2.47. The molecule has 1 heterocycles. The van der Waals surface area contributed by atoms with Gasteiger partial charge in [-0.15, -0.1) is 11.3 Å². The zero-order valence-electron chi connectivity index (χ0n) is 7.88. The van der Waals surface area contributed by atoms with E-state index in [2.05, 4.69) is 35.8 Å². The van der Waals surface area contributed by atoms with Gasteiger partial charge in [-0.3, -0.25) is 0 Å². The summed E-state index contributed by atoms with van der Waals surface area (Å²) in [6.45, 7) is 4.40. The van der Waals surface area contributed by atoms with Crippen LogP contribution in [0.15, 0.2) is 10.5 Å². The van der Waals surface area contributed by atoms with Crippen LogP contribution in [-0.4, -0.2) is 0 Å². The van der Waals surface area contributed by atoms with E-state index in [-0.39, 0.29) is 6.04 Å². The van der Waals surface area contributed by atoms with E-state index in [1.165, 1.54) is 20.6 Å². The van der Waals surface area contributed by atoms with Crippen molar-refractivity contribution < 1.29 is 0 Å². The van der Waals surface area contributed by atoms with Crippen LogP contribution in [0.3, 0.4) is 0 Å². The molecule has 1 aliphatic rings. The average molecular weight is 260 g/mol. The first kappa shape index (κ1) is 9.69. The Morgan fingerprint density at radius 1 is 1.69 bits per heavy atom. The molecule has 0 radical (unpaired) electrons. The molecule has 2 rings (SSSR count). The summed E-state index contributed by atoms with van der Waals surface area (Å²) in [6.07, 6.45) is 1.30. The third-order valence-electron chi connectivity index (χ3n) is 2.84. The normalized spacial score (nSPS) is 28.9. The second kappa shape index (κ2) is 3.37. The molecule has 1 saturated carbocycles. The summed E-state index contributed by atoms with van der Waals surface area (Å²) in [4.78, 5) is 2.66. The van der Waals surface area contributed by atoms with E-state index >= 15 is 0 Å². The van der Waals surface area contributed by atoms with Gasteiger partial charge in [-0.1, -0.05) is 6.92 Å². The fourth-order valence-corrected chi connectivity index (χ4v) is 3.35. The third kappa shape index (κ3) is 1.83. The molecule has 0 spiro atoms. The molecule has 3 unspecified atom stereocenters. The zero-order valence-corrected chi connectivity index (χ0v) is 10.3. The lowest BCUT2D eigenvalue weighted by Gasteiger charge is -2.06. The van der Waals surface area contributed by atoms with Crippen molar-refractivity contribution in [1.82, 2.24) is 0 Å². The van der Waals surface area contributed by atoms with Crippen LogP contribution in [0.1, 0.15) is 29.1 Å². The van der Waals surface area contributed by atoms with Gasteiger partial charge in [0.15, 0.2) is 0 Å². The minimum absolute atomic E-state index is 0.269. The number of nitrogens with two attached hydrogens (primary N) is 1. The highest BCUT2D eigenvalue weighted by Gasteiger charge is 2.38. The highest BCUT2D eigenvalue weighted by atomic mass is 79.9. The quantitative estimate of drug-likeness (QED) is 0.865. The van der Waals surface area contributed by atoms with Crippen molar-refractivity contribution >= 4 is 27.3 Å². The zero-order chi connectivity index (χ0) is 9.59. The molecule has 1 aromatic rings. The molecule has 3 atom stereocenters. The molecule has 72 valence electrons. The van der Waals surface area contributed by atoms with Crippen LogP contribution >= 0.6 is 27.3 Å². The van der Waals surface area contributed by atoms with Gasteiger partial charge in [0, 0.05) is 20.3 Å².